The molecule has 0 heterocycles. The summed E-state index contributed by atoms with van der Waals surface area (Å²) in [6, 6.07) is 0. The molecule has 0 aliphatic heterocycles. The number of Topliss-reactive ketones (excluding diaryl/α,β-unsaturated/α-hetero) is 2. The lowest BCUT2D eigenvalue weighted by Crippen LogP contribution is -2.63. The fourth-order valence-corrected chi connectivity index (χ4v) is 7.13. The van der Waals surface area contributed by atoms with Gasteiger partial charge in [0.15, 0.2) is 11.6 Å². The van der Waals surface area contributed by atoms with E-state index in [9.17, 15) is 24.9 Å². The lowest BCUT2D eigenvalue weighted by atomic mass is 9.44. The van der Waals surface area contributed by atoms with Crippen LogP contribution in [0.1, 0.15) is 52.9 Å². The molecule has 0 aromatic carbocycles. The molecule has 0 spiro atoms. The van der Waals surface area contributed by atoms with E-state index in [0.29, 0.717) is 25.7 Å². The van der Waals surface area contributed by atoms with Gasteiger partial charge in [-0.3, -0.25) is 9.59 Å². The van der Waals surface area contributed by atoms with Crippen molar-refractivity contribution in [3.05, 3.63) is 12.2 Å². The molecule has 144 valence electrons. The number of aliphatic hydroxyl groups excluding tert-OH is 2. The van der Waals surface area contributed by atoms with Crippen LogP contribution in [-0.4, -0.2) is 44.7 Å². The van der Waals surface area contributed by atoms with Crippen molar-refractivity contribution in [3.8, 4) is 0 Å². The first-order chi connectivity index (χ1) is 12.1. The van der Waals surface area contributed by atoms with Crippen molar-refractivity contribution in [1.82, 2.24) is 0 Å². The van der Waals surface area contributed by atoms with Crippen molar-refractivity contribution in [3.63, 3.8) is 0 Å². The highest BCUT2D eigenvalue weighted by atomic mass is 16.3. The molecule has 5 nitrogen and oxygen atoms in total. The minimum atomic E-state index is -1.37. The molecule has 0 amide bonds. The Balaban J connectivity index is 1.78. The predicted octanol–water partition coefficient (Wildman–Crippen LogP) is 1.64. The van der Waals surface area contributed by atoms with Crippen molar-refractivity contribution < 1.29 is 24.9 Å². The minimum absolute atomic E-state index is 0.0829. The maximum Gasteiger partial charge on any atom is 0.165 e. The zero-order chi connectivity index (χ0) is 19.1. The average Bonchev–Trinajstić information content (AvgIpc) is 2.87. The number of hydrogen-bond acceptors (Lipinski definition) is 5. The van der Waals surface area contributed by atoms with Gasteiger partial charge in [-0.2, -0.15) is 0 Å². The van der Waals surface area contributed by atoms with E-state index < -0.39 is 23.2 Å². The Morgan fingerprint density at radius 3 is 2.42 bits per heavy atom. The third-order valence-electron chi connectivity index (χ3n) is 8.78. The van der Waals surface area contributed by atoms with Gasteiger partial charge in [0.25, 0.3) is 0 Å². The molecular weight excluding hydrogens is 332 g/mol. The highest BCUT2D eigenvalue weighted by molar-refractivity contribution is 5.89. The molecule has 0 saturated heterocycles. The molecule has 3 fully saturated rings. The summed E-state index contributed by atoms with van der Waals surface area (Å²) in [5.74, 6) is -0.972. The van der Waals surface area contributed by atoms with Crippen LogP contribution in [0, 0.1) is 34.5 Å². The lowest BCUT2D eigenvalue weighted by molar-refractivity contribution is -0.181. The topological polar surface area (TPSA) is 94.8 Å². The van der Waals surface area contributed by atoms with Gasteiger partial charge in [0.05, 0.1) is 6.10 Å². The fourth-order valence-electron chi connectivity index (χ4n) is 7.13. The molecule has 0 bridgehead atoms. The number of fused-ring (bicyclic) bond motifs is 5. The van der Waals surface area contributed by atoms with Crippen LogP contribution in [0.3, 0.4) is 0 Å². The van der Waals surface area contributed by atoms with Crippen LogP contribution in [0.5, 0.6) is 0 Å². The van der Waals surface area contributed by atoms with Crippen molar-refractivity contribution in [1.29, 1.82) is 0 Å². The van der Waals surface area contributed by atoms with Gasteiger partial charge in [-0.25, -0.2) is 0 Å². The van der Waals surface area contributed by atoms with Crippen molar-refractivity contribution in [2.24, 2.45) is 34.5 Å². The lowest BCUT2D eigenvalue weighted by Gasteiger charge is -2.60. The molecular formula is C21H30O5. The Bertz CT molecular complexity index is 686. The summed E-state index contributed by atoms with van der Waals surface area (Å²) in [5.41, 5.74) is -2.32. The second-order valence-corrected chi connectivity index (χ2v) is 9.63. The van der Waals surface area contributed by atoms with Crippen LogP contribution in [-0.2, 0) is 9.59 Å². The van der Waals surface area contributed by atoms with E-state index in [-0.39, 0.29) is 40.7 Å². The Hall–Kier alpha value is -1.04. The largest absolute Gasteiger partial charge is 0.389 e. The van der Waals surface area contributed by atoms with Crippen LogP contribution >= 0.6 is 0 Å². The van der Waals surface area contributed by atoms with E-state index in [4.69, 9.17) is 0 Å². The smallest absolute Gasteiger partial charge is 0.165 e. The van der Waals surface area contributed by atoms with E-state index in [1.54, 1.807) is 6.08 Å². The van der Waals surface area contributed by atoms with Gasteiger partial charge in [-0.1, -0.05) is 26.0 Å². The molecule has 4 rings (SSSR count). The summed E-state index contributed by atoms with van der Waals surface area (Å²) in [4.78, 5) is 25.4. The van der Waals surface area contributed by atoms with Gasteiger partial charge < -0.3 is 15.3 Å². The van der Waals surface area contributed by atoms with Crippen LogP contribution in [0.4, 0.5) is 0 Å². The normalized spacial score (nSPS) is 55.8. The van der Waals surface area contributed by atoms with Crippen molar-refractivity contribution in [2.45, 2.75) is 70.7 Å². The number of carbonyl (C=O) groups excluding carboxylic acids is 2. The van der Waals surface area contributed by atoms with E-state index in [0.717, 1.165) is 6.42 Å². The van der Waals surface area contributed by atoms with Gasteiger partial charge in [0, 0.05) is 17.3 Å². The Labute approximate surface area is 154 Å². The first-order valence-corrected chi connectivity index (χ1v) is 9.89. The van der Waals surface area contributed by atoms with Gasteiger partial charge >= 0.3 is 0 Å². The summed E-state index contributed by atoms with van der Waals surface area (Å²) >= 11 is 0. The van der Waals surface area contributed by atoms with Gasteiger partial charge in [0.1, 0.15) is 11.7 Å². The molecule has 4 aliphatic carbocycles. The first kappa shape index (κ1) is 18.3. The van der Waals surface area contributed by atoms with Crippen LogP contribution in [0.15, 0.2) is 12.2 Å². The number of allylic oxidation sites excluding steroid dienone is 1. The molecule has 3 N–H and O–H groups in total. The number of hydrogen-bond donors (Lipinski definition) is 3. The molecule has 3 saturated carbocycles. The standard InChI is InChI=1S/C21H30O5/c1-11(22)21(26)9-6-14-16-13(5-8-20(14,21)3)19(2)7-4-12(23)10-15(19)17(24)18(16)25/h4,7,12-17,23-24,26H,5-6,8-10H2,1-3H3/t12-,13+,14+,15?,16-,17-,19-,20+,21+/m1/s1. The van der Waals surface area contributed by atoms with Crippen LogP contribution in [0.25, 0.3) is 0 Å². The third kappa shape index (κ3) is 2.02. The van der Waals surface area contributed by atoms with Gasteiger partial charge in [-0.05, 0) is 56.3 Å². The summed E-state index contributed by atoms with van der Waals surface area (Å²) in [6.45, 7) is 5.50. The van der Waals surface area contributed by atoms with E-state index in [1.807, 2.05) is 13.0 Å². The molecule has 26 heavy (non-hydrogen) atoms. The van der Waals surface area contributed by atoms with E-state index in [2.05, 4.69) is 6.92 Å². The quantitative estimate of drug-likeness (QED) is 0.617. The monoisotopic (exact) mass is 362 g/mol. The zero-order valence-electron chi connectivity index (χ0n) is 15.8. The molecule has 9 atom stereocenters. The second-order valence-electron chi connectivity index (χ2n) is 9.63. The third-order valence-corrected chi connectivity index (χ3v) is 8.78. The van der Waals surface area contributed by atoms with Crippen LogP contribution < -0.4 is 0 Å². The minimum Gasteiger partial charge on any atom is -0.389 e. The highest BCUT2D eigenvalue weighted by Crippen LogP contribution is 2.66. The summed E-state index contributed by atoms with van der Waals surface area (Å²) < 4.78 is 0. The van der Waals surface area contributed by atoms with Gasteiger partial charge in [-0.15, -0.1) is 0 Å². The Morgan fingerprint density at radius 2 is 1.77 bits per heavy atom. The summed E-state index contributed by atoms with van der Waals surface area (Å²) in [7, 11) is 0. The molecule has 0 radical (unpaired) electrons. The molecule has 0 aromatic heterocycles. The van der Waals surface area contributed by atoms with E-state index >= 15 is 0 Å². The molecule has 5 heteroatoms. The number of carbonyl (C=O) groups is 2. The maximum absolute atomic E-state index is 13.2. The predicted molar refractivity (Wildman–Crippen MR) is 95.1 cm³/mol. The molecule has 1 unspecified atom stereocenters. The Morgan fingerprint density at radius 1 is 1.12 bits per heavy atom. The highest BCUT2D eigenvalue weighted by Gasteiger charge is 2.68. The van der Waals surface area contributed by atoms with Crippen LogP contribution in [0.2, 0.25) is 0 Å². The van der Waals surface area contributed by atoms with Crippen molar-refractivity contribution in [2.75, 3.05) is 0 Å². The molecule has 4 aliphatic rings. The Kier molecular flexibility index (Phi) is 3.87. The van der Waals surface area contributed by atoms with Crippen molar-refractivity contribution >= 4 is 11.6 Å². The fraction of sp³-hybridized carbons (Fsp3) is 0.810. The number of rotatable bonds is 1. The van der Waals surface area contributed by atoms with E-state index in [1.165, 1.54) is 6.92 Å². The SMILES string of the molecule is CC(=O)[C@@]1(O)CC[C@H]2[C@@H]3C(=O)[C@H](O)C4C[C@H](O)C=C[C@]4(C)[C@H]3CC[C@@]21C. The second kappa shape index (κ2) is 5.49. The average molecular weight is 362 g/mol. The summed E-state index contributed by atoms with van der Waals surface area (Å²) in [5, 5.41) is 31.9. The first-order valence-electron chi connectivity index (χ1n) is 9.89. The maximum atomic E-state index is 13.2. The summed E-state index contributed by atoms with van der Waals surface area (Å²) in [6.07, 6.45) is 4.99. The van der Waals surface area contributed by atoms with Gasteiger partial charge in [0.2, 0.25) is 0 Å². The number of aliphatic hydroxyl groups is 3. The molecule has 0 aromatic rings. The number of ketones is 2. The zero-order valence-corrected chi connectivity index (χ0v) is 15.8.